The molecule has 100 valence electrons. The van der Waals surface area contributed by atoms with Crippen LogP contribution in [0.5, 0.6) is 0 Å². The Morgan fingerprint density at radius 1 is 1.39 bits per heavy atom. The van der Waals surface area contributed by atoms with Crippen LogP contribution in [0.15, 0.2) is 29.2 Å². The van der Waals surface area contributed by atoms with Crippen molar-refractivity contribution in [1.29, 1.82) is 0 Å². The van der Waals surface area contributed by atoms with Crippen LogP contribution in [-0.2, 0) is 9.84 Å². The van der Waals surface area contributed by atoms with Gasteiger partial charge in [0.2, 0.25) is 0 Å². The van der Waals surface area contributed by atoms with Crippen LogP contribution in [0.2, 0.25) is 0 Å². The van der Waals surface area contributed by atoms with Crippen LogP contribution >= 0.6 is 11.6 Å². The van der Waals surface area contributed by atoms with Crippen LogP contribution in [0.1, 0.15) is 19.8 Å². The molecule has 1 N–H and O–H groups in total. The first-order valence-corrected chi connectivity index (χ1v) is 8.33. The van der Waals surface area contributed by atoms with Gasteiger partial charge >= 0.3 is 0 Å². The van der Waals surface area contributed by atoms with Crippen molar-refractivity contribution in [3.63, 3.8) is 0 Å². The third-order valence-corrected chi connectivity index (χ3v) is 5.52. The summed E-state index contributed by atoms with van der Waals surface area (Å²) in [6, 6.07) is 7.00. The van der Waals surface area contributed by atoms with E-state index in [2.05, 4.69) is 5.32 Å². The van der Waals surface area contributed by atoms with E-state index in [9.17, 15) is 8.42 Å². The first kappa shape index (κ1) is 13.7. The van der Waals surface area contributed by atoms with Gasteiger partial charge in [0.1, 0.15) is 0 Å². The highest BCUT2D eigenvalue weighted by Gasteiger charge is 2.29. The summed E-state index contributed by atoms with van der Waals surface area (Å²) in [5.74, 6) is 0.702. The van der Waals surface area contributed by atoms with Gasteiger partial charge in [0.15, 0.2) is 9.84 Å². The Labute approximate surface area is 113 Å². The molecule has 1 saturated carbocycles. The number of hydrogen-bond acceptors (Lipinski definition) is 3. The van der Waals surface area contributed by atoms with E-state index in [4.69, 9.17) is 11.6 Å². The van der Waals surface area contributed by atoms with Crippen molar-refractivity contribution in [1.82, 2.24) is 0 Å². The second kappa shape index (κ2) is 5.49. The largest absolute Gasteiger partial charge is 0.382 e. The molecule has 0 aliphatic heterocycles. The van der Waals surface area contributed by atoms with E-state index in [-0.39, 0.29) is 11.1 Å². The SMILES string of the molecule is CCS(=O)(=O)c1ccccc1NCC(Cl)C1CC1. The fraction of sp³-hybridized carbons (Fsp3) is 0.538. The Morgan fingerprint density at radius 3 is 2.67 bits per heavy atom. The van der Waals surface area contributed by atoms with Gasteiger partial charge in [-0.05, 0) is 30.9 Å². The molecule has 0 amide bonds. The van der Waals surface area contributed by atoms with Crippen LogP contribution < -0.4 is 5.32 Å². The second-order valence-corrected chi connectivity index (χ2v) is 7.44. The van der Waals surface area contributed by atoms with Crippen LogP contribution in [0.25, 0.3) is 0 Å². The molecule has 0 heterocycles. The van der Waals surface area contributed by atoms with Crippen LogP contribution in [0, 0.1) is 5.92 Å². The minimum absolute atomic E-state index is 0.0855. The third kappa shape index (κ3) is 3.18. The molecular weight excluding hydrogens is 270 g/mol. The van der Waals surface area contributed by atoms with E-state index in [1.807, 2.05) is 6.07 Å². The van der Waals surface area contributed by atoms with E-state index in [0.29, 0.717) is 23.0 Å². The standard InChI is InChI=1S/C13H18ClNO2S/c1-2-18(16,17)13-6-4-3-5-12(13)15-9-11(14)10-7-8-10/h3-6,10-11,15H,2,7-9H2,1H3. The molecule has 0 spiro atoms. The Balaban J connectivity index is 2.12. The van der Waals surface area contributed by atoms with Crippen molar-refractivity contribution in [3.05, 3.63) is 24.3 Å². The molecule has 1 atom stereocenters. The van der Waals surface area contributed by atoms with Crippen LogP contribution in [-0.4, -0.2) is 26.1 Å². The van der Waals surface area contributed by atoms with Crippen molar-refractivity contribution in [2.24, 2.45) is 5.92 Å². The molecule has 1 unspecified atom stereocenters. The molecule has 0 radical (unpaired) electrons. The minimum atomic E-state index is -3.19. The van der Waals surface area contributed by atoms with Gasteiger partial charge in [-0.15, -0.1) is 11.6 Å². The van der Waals surface area contributed by atoms with Crippen LogP contribution in [0.4, 0.5) is 5.69 Å². The molecule has 1 aliphatic carbocycles. The predicted octanol–water partition coefficient (Wildman–Crippen LogP) is 2.91. The summed E-state index contributed by atoms with van der Waals surface area (Å²) < 4.78 is 23.9. The number of alkyl halides is 1. The van der Waals surface area contributed by atoms with Gasteiger partial charge < -0.3 is 5.32 Å². The molecule has 1 aromatic rings. The highest BCUT2D eigenvalue weighted by molar-refractivity contribution is 7.91. The van der Waals surface area contributed by atoms with E-state index in [0.717, 1.165) is 0 Å². The lowest BCUT2D eigenvalue weighted by molar-refractivity contribution is 0.597. The average Bonchev–Trinajstić information content (AvgIpc) is 3.20. The Hall–Kier alpha value is -0.740. The maximum atomic E-state index is 11.9. The fourth-order valence-electron chi connectivity index (χ4n) is 1.87. The highest BCUT2D eigenvalue weighted by atomic mass is 35.5. The van der Waals surface area contributed by atoms with E-state index < -0.39 is 9.84 Å². The van der Waals surface area contributed by atoms with E-state index in [1.54, 1.807) is 25.1 Å². The maximum Gasteiger partial charge on any atom is 0.180 e. The van der Waals surface area contributed by atoms with Gasteiger partial charge in [0, 0.05) is 6.54 Å². The Kier molecular flexibility index (Phi) is 4.17. The Morgan fingerprint density at radius 2 is 2.06 bits per heavy atom. The van der Waals surface area contributed by atoms with Gasteiger partial charge in [-0.25, -0.2) is 8.42 Å². The number of para-hydroxylation sites is 1. The van der Waals surface area contributed by atoms with Gasteiger partial charge in [-0.2, -0.15) is 0 Å². The number of halogens is 1. The summed E-state index contributed by atoms with van der Waals surface area (Å²) in [7, 11) is -3.19. The van der Waals surface area contributed by atoms with Crippen molar-refractivity contribution < 1.29 is 8.42 Å². The third-order valence-electron chi connectivity index (χ3n) is 3.22. The molecule has 0 bridgehead atoms. The molecule has 0 saturated heterocycles. The van der Waals surface area contributed by atoms with Crippen molar-refractivity contribution in [2.45, 2.75) is 30.0 Å². The lowest BCUT2D eigenvalue weighted by Gasteiger charge is -2.14. The number of hydrogen-bond donors (Lipinski definition) is 1. The number of rotatable bonds is 6. The fourth-order valence-corrected chi connectivity index (χ4v) is 3.27. The summed E-state index contributed by atoms with van der Waals surface area (Å²) in [6.45, 7) is 2.27. The van der Waals surface area contributed by atoms with E-state index in [1.165, 1.54) is 12.8 Å². The second-order valence-electron chi connectivity index (χ2n) is 4.63. The molecule has 1 aliphatic rings. The molecule has 0 aromatic heterocycles. The monoisotopic (exact) mass is 287 g/mol. The normalized spacial score (nSPS) is 17.4. The average molecular weight is 288 g/mol. The van der Waals surface area contributed by atoms with E-state index >= 15 is 0 Å². The van der Waals surface area contributed by atoms with Crippen molar-refractivity contribution in [2.75, 3.05) is 17.6 Å². The summed E-state index contributed by atoms with van der Waals surface area (Å²) in [5.41, 5.74) is 0.658. The van der Waals surface area contributed by atoms with Crippen molar-refractivity contribution >= 4 is 27.1 Å². The predicted molar refractivity (Wildman–Crippen MR) is 75.0 cm³/mol. The zero-order valence-electron chi connectivity index (χ0n) is 10.4. The quantitative estimate of drug-likeness (QED) is 0.818. The van der Waals surface area contributed by atoms with Crippen LogP contribution in [0.3, 0.4) is 0 Å². The summed E-state index contributed by atoms with van der Waals surface area (Å²) in [4.78, 5) is 0.368. The first-order valence-electron chi connectivity index (χ1n) is 6.24. The molecular formula is C13H18ClNO2S. The van der Waals surface area contributed by atoms with Gasteiger partial charge in [0.05, 0.1) is 21.7 Å². The number of benzene rings is 1. The Bertz CT molecular complexity index is 511. The maximum absolute atomic E-state index is 11.9. The smallest absolute Gasteiger partial charge is 0.180 e. The first-order chi connectivity index (χ1) is 8.54. The summed E-state index contributed by atoms with van der Waals surface area (Å²) in [5, 5.41) is 3.25. The zero-order valence-corrected chi connectivity index (χ0v) is 12.0. The molecule has 2 rings (SSSR count). The van der Waals surface area contributed by atoms with Crippen molar-refractivity contribution in [3.8, 4) is 0 Å². The molecule has 5 heteroatoms. The summed E-state index contributed by atoms with van der Waals surface area (Å²) >= 11 is 6.22. The summed E-state index contributed by atoms with van der Waals surface area (Å²) in [6.07, 6.45) is 2.37. The molecule has 1 aromatic carbocycles. The molecule has 18 heavy (non-hydrogen) atoms. The highest BCUT2D eigenvalue weighted by Crippen LogP contribution is 2.36. The molecule has 3 nitrogen and oxygen atoms in total. The van der Waals surface area contributed by atoms with Gasteiger partial charge in [-0.3, -0.25) is 0 Å². The zero-order chi connectivity index (χ0) is 13.2. The lowest BCUT2D eigenvalue weighted by atomic mass is 10.2. The van der Waals surface area contributed by atoms with Gasteiger partial charge in [-0.1, -0.05) is 19.1 Å². The minimum Gasteiger partial charge on any atom is -0.382 e. The van der Waals surface area contributed by atoms with Gasteiger partial charge in [0.25, 0.3) is 0 Å². The number of sulfone groups is 1. The number of anilines is 1. The lowest BCUT2D eigenvalue weighted by Crippen LogP contribution is -2.18. The topological polar surface area (TPSA) is 46.2 Å². The molecule has 1 fully saturated rings. The number of nitrogens with one attached hydrogen (secondary N) is 1.